The number of aliphatic carboxylic acids is 1. The van der Waals surface area contributed by atoms with E-state index in [-0.39, 0.29) is 23.7 Å². The van der Waals surface area contributed by atoms with Gasteiger partial charge in [0.2, 0.25) is 11.8 Å². The predicted molar refractivity (Wildman–Crippen MR) is 117 cm³/mol. The Labute approximate surface area is 193 Å². The van der Waals surface area contributed by atoms with Crippen molar-refractivity contribution in [2.45, 2.75) is 68.7 Å². The molecule has 1 atom stereocenters. The topological polar surface area (TPSA) is 86.7 Å². The summed E-state index contributed by atoms with van der Waals surface area (Å²) in [6.45, 7) is 2.04. The number of carboxylic acid groups (broad SMARTS) is 1. The molecule has 0 bridgehead atoms. The molecule has 1 aliphatic carbocycles. The first-order valence-electron chi connectivity index (χ1n) is 10.8. The third-order valence-corrected chi connectivity index (χ3v) is 6.03. The second-order valence-electron chi connectivity index (χ2n) is 8.19. The molecule has 30 heavy (non-hydrogen) atoms. The van der Waals surface area contributed by atoms with Gasteiger partial charge >= 0.3 is 33.9 Å². The minimum absolute atomic E-state index is 0.0289. The molecule has 2 radical (unpaired) electrons. The van der Waals surface area contributed by atoms with Crippen LogP contribution < -0.4 is 5.32 Å². The molecule has 1 saturated carbocycles. The summed E-state index contributed by atoms with van der Waals surface area (Å²) in [6, 6.07) is 6.32. The van der Waals surface area contributed by atoms with Crippen LogP contribution in [0.15, 0.2) is 18.2 Å². The van der Waals surface area contributed by atoms with Crippen LogP contribution in [0.25, 0.3) is 0 Å². The molecule has 7 heteroatoms. The number of carbonyl (C=O) groups excluding carboxylic acids is 2. The maximum absolute atomic E-state index is 11.9. The van der Waals surface area contributed by atoms with Gasteiger partial charge in [0, 0.05) is 19.5 Å². The average molecular weight is 523 g/mol. The Kier molecular flexibility index (Phi) is 10.3. The van der Waals surface area contributed by atoms with E-state index in [1.165, 1.54) is 17.5 Å². The zero-order valence-corrected chi connectivity index (χ0v) is 20.6. The molecular weight excluding hydrogens is 490 g/mol. The number of nitrogens with zero attached hydrogens (tertiary/aromatic N) is 1. The van der Waals surface area contributed by atoms with Crippen LogP contribution in [-0.2, 0) is 27.3 Å². The summed E-state index contributed by atoms with van der Waals surface area (Å²) in [6.07, 6.45) is 7.34. The molecule has 2 aliphatic heterocycles. The van der Waals surface area contributed by atoms with Crippen molar-refractivity contribution >= 4 is 40.8 Å². The summed E-state index contributed by atoms with van der Waals surface area (Å²) in [4.78, 5) is 37.8. The first kappa shape index (κ1) is 24.9. The molecule has 1 saturated heterocycles. The van der Waals surface area contributed by atoms with Gasteiger partial charge in [0.1, 0.15) is 0 Å². The van der Waals surface area contributed by atoms with Gasteiger partial charge < -0.3 is 10.0 Å². The van der Waals surface area contributed by atoms with E-state index >= 15 is 0 Å². The first-order chi connectivity index (χ1) is 14.4. The van der Waals surface area contributed by atoms with E-state index < -0.39 is 5.97 Å². The van der Waals surface area contributed by atoms with Gasteiger partial charge in [-0.25, -0.2) is 0 Å². The van der Waals surface area contributed by atoms with E-state index in [4.69, 9.17) is 5.11 Å². The molecule has 2 fully saturated rings. The molecule has 1 aromatic rings. The van der Waals surface area contributed by atoms with Crippen LogP contribution in [0.4, 0.5) is 0 Å². The van der Waals surface area contributed by atoms with Gasteiger partial charge in [-0.1, -0.05) is 37.5 Å². The van der Waals surface area contributed by atoms with E-state index in [0.717, 1.165) is 50.8 Å². The average Bonchev–Trinajstić information content (AvgIpc) is 2.76. The number of nitrogens with one attached hydrogen (secondary N) is 1. The van der Waals surface area contributed by atoms with Crippen molar-refractivity contribution in [1.29, 1.82) is 0 Å². The van der Waals surface area contributed by atoms with Gasteiger partial charge in [-0.2, -0.15) is 0 Å². The van der Waals surface area contributed by atoms with Crippen molar-refractivity contribution in [2.75, 3.05) is 13.6 Å². The van der Waals surface area contributed by atoms with Crippen molar-refractivity contribution < 1.29 is 19.5 Å². The molecule has 164 valence electrons. The van der Waals surface area contributed by atoms with Crippen LogP contribution in [-0.4, -0.2) is 64.4 Å². The minimum atomic E-state index is -0.602. The molecule has 2 amide bonds. The number of hydrogen-bond donors (Lipinski definition) is 2. The molecule has 3 aliphatic rings. The van der Waals surface area contributed by atoms with Crippen LogP contribution in [0.1, 0.15) is 67.6 Å². The van der Waals surface area contributed by atoms with E-state index in [9.17, 15) is 14.4 Å². The van der Waals surface area contributed by atoms with Gasteiger partial charge in [-0.3, -0.25) is 19.7 Å². The Morgan fingerprint density at radius 3 is 2.37 bits per heavy atom. The quantitative estimate of drug-likeness (QED) is 0.460. The summed E-state index contributed by atoms with van der Waals surface area (Å²) in [5.41, 5.74) is 3.75. The second-order valence-corrected chi connectivity index (χ2v) is 8.19. The Bertz CT molecular complexity index is 747. The molecule has 4 rings (SSSR count). The van der Waals surface area contributed by atoms with Gasteiger partial charge in [0.15, 0.2) is 0 Å². The zero-order valence-electron chi connectivity index (χ0n) is 18.0. The standard InChI is InChI=1S/C15H18N2O2.C7H12O2.CH3.Sb/c1-17-7-6-10-8-11(2-3-12(10)9-17)13-4-5-14(18)16-15(13)19;8-7(9)6-4-2-1-3-5-6;;/h2-3,8,13H,4-7,9H2,1H3,(H,16,18,19);6H,1-5H2,(H,8,9);1H3;. The van der Waals surface area contributed by atoms with Crippen LogP contribution >= 0.6 is 0 Å². The summed E-state index contributed by atoms with van der Waals surface area (Å²) in [7, 11) is 2.12. The molecule has 1 unspecified atom stereocenters. The third kappa shape index (κ3) is 7.09. The molecule has 0 spiro atoms. The van der Waals surface area contributed by atoms with Crippen LogP contribution in [0.5, 0.6) is 0 Å². The number of likely N-dealkylation sites (N-methyl/N-ethyl adjacent to an activating group) is 1. The Morgan fingerprint density at radius 2 is 1.77 bits per heavy atom. The van der Waals surface area contributed by atoms with Crippen molar-refractivity contribution in [3.05, 3.63) is 34.9 Å². The monoisotopic (exact) mass is 522 g/mol. The molecule has 2 N–H and O–H groups in total. The maximum atomic E-state index is 11.9. The first-order valence-corrected chi connectivity index (χ1v) is 13.3. The van der Waals surface area contributed by atoms with Crippen LogP contribution in [0.3, 0.4) is 0 Å². The SMILES string of the molecule is CN1CCc2cc(C3CCC(=O)NC3=O)ccc2C1.O=C(O)C1CCCCC1.[CH3][Sb]. The van der Waals surface area contributed by atoms with Gasteiger partial charge in [-0.15, -0.1) is 0 Å². The van der Waals surface area contributed by atoms with E-state index in [1.807, 2.05) is 6.07 Å². The molecule has 2 heterocycles. The molecule has 6 nitrogen and oxygen atoms in total. The fourth-order valence-corrected chi connectivity index (χ4v) is 4.29. The van der Waals surface area contributed by atoms with Crippen molar-refractivity contribution in [3.63, 3.8) is 0 Å². The van der Waals surface area contributed by atoms with E-state index in [2.05, 4.69) is 34.3 Å². The number of carbonyl (C=O) groups is 3. The third-order valence-electron chi connectivity index (χ3n) is 6.03. The number of imide groups is 1. The van der Waals surface area contributed by atoms with Crippen LogP contribution in [0, 0.1) is 5.92 Å². The number of piperidine rings is 1. The van der Waals surface area contributed by atoms with Gasteiger partial charge in [0.25, 0.3) is 0 Å². The number of amides is 2. The number of rotatable bonds is 2. The second kappa shape index (κ2) is 12.5. The molecule has 1 aromatic carbocycles. The Morgan fingerprint density at radius 1 is 1.07 bits per heavy atom. The summed E-state index contributed by atoms with van der Waals surface area (Å²) >= 11 is 1.75. The number of fused-ring (bicyclic) bond motifs is 1. The van der Waals surface area contributed by atoms with Crippen LogP contribution in [0.2, 0.25) is 4.87 Å². The normalized spacial score (nSPS) is 21.9. The number of benzene rings is 1. The zero-order chi connectivity index (χ0) is 22.1. The van der Waals surface area contributed by atoms with Gasteiger partial charge in [0.05, 0.1) is 11.8 Å². The summed E-state index contributed by atoms with van der Waals surface area (Å²) < 4.78 is 0. The summed E-state index contributed by atoms with van der Waals surface area (Å²) in [5.74, 6) is -1.10. The predicted octanol–water partition coefficient (Wildman–Crippen LogP) is 3.05. The molecular formula is C23H33N2O4Sb. The number of hydrogen-bond acceptors (Lipinski definition) is 4. The number of carboxylic acids is 1. The van der Waals surface area contributed by atoms with Gasteiger partial charge in [-0.05, 0) is 49.4 Å². The van der Waals surface area contributed by atoms with E-state index in [0.29, 0.717) is 12.8 Å². The van der Waals surface area contributed by atoms with Crippen molar-refractivity contribution in [3.8, 4) is 0 Å². The fourth-order valence-electron chi connectivity index (χ4n) is 4.29. The Hall–Kier alpha value is -1.39. The molecule has 0 aromatic heterocycles. The summed E-state index contributed by atoms with van der Waals surface area (Å²) in [5, 5.41) is 11.0. The van der Waals surface area contributed by atoms with Crippen molar-refractivity contribution in [2.24, 2.45) is 5.92 Å². The van der Waals surface area contributed by atoms with Crippen molar-refractivity contribution in [1.82, 2.24) is 10.2 Å². The van der Waals surface area contributed by atoms with E-state index in [1.54, 1.807) is 23.0 Å². The fraction of sp³-hybridized carbons (Fsp3) is 0.609. The Balaban J connectivity index is 0.000000245.